The zero-order valence-electron chi connectivity index (χ0n) is 10.9. The lowest BCUT2D eigenvalue weighted by Crippen LogP contribution is -2.10. The quantitative estimate of drug-likeness (QED) is 0.631. The summed E-state index contributed by atoms with van der Waals surface area (Å²) in [5.41, 5.74) is 0.510. The van der Waals surface area contributed by atoms with Crippen LogP contribution in [0.3, 0.4) is 0 Å². The Bertz CT molecular complexity index is 738. The zero-order chi connectivity index (χ0) is 15.4. The molecule has 2 aromatic rings. The minimum Gasteiger partial charge on any atom is -0.493 e. The summed E-state index contributed by atoms with van der Waals surface area (Å²) in [6.07, 6.45) is 0. The van der Waals surface area contributed by atoms with Crippen LogP contribution in [0.15, 0.2) is 36.4 Å². The van der Waals surface area contributed by atoms with E-state index >= 15 is 0 Å². The molecular weight excluding hydrogens is 313 g/mol. The summed E-state index contributed by atoms with van der Waals surface area (Å²) in [5, 5.41) is 9.25. The Morgan fingerprint density at radius 1 is 1.19 bits per heavy atom. The Labute approximate surface area is 131 Å². The Hall–Kier alpha value is -2.22. The van der Waals surface area contributed by atoms with Crippen molar-refractivity contribution in [2.24, 2.45) is 0 Å². The summed E-state index contributed by atoms with van der Waals surface area (Å²) < 4.78 is 10.3. The third-order valence-corrected chi connectivity index (χ3v) is 3.26. The van der Waals surface area contributed by atoms with Crippen LogP contribution in [0.5, 0.6) is 11.5 Å². The third kappa shape index (κ3) is 3.27. The maximum Gasteiger partial charge on any atom is 0.345 e. The Balaban J connectivity index is 2.38. The Morgan fingerprint density at radius 2 is 1.90 bits per heavy atom. The molecule has 0 heterocycles. The van der Waals surface area contributed by atoms with E-state index in [4.69, 9.17) is 37.9 Å². The largest absolute Gasteiger partial charge is 0.493 e. The van der Waals surface area contributed by atoms with Gasteiger partial charge >= 0.3 is 5.97 Å². The maximum atomic E-state index is 12.1. The van der Waals surface area contributed by atoms with Crippen LogP contribution in [0.25, 0.3) is 0 Å². The zero-order valence-corrected chi connectivity index (χ0v) is 12.4. The smallest absolute Gasteiger partial charge is 0.345 e. The summed E-state index contributed by atoms with van der Waals surface area (Å²) in [5.74, 6) is -0.423. The minimum atomic E-state index is -0.662. The normalized spacial score (nSPS) is 9.81. The van der Waals surface area contributed by atoms with E-state index in [0.29, 0.717) is 5.56 Å². The van der Waals surface area contributed by atoms with Crippen molar-refractivity contribution in [2.75, 3.05) is 7.11 Å². The van der Waals surface area contributed by atoms with Crippen molar-refractivity contribution in [3.8, 4) is 17.6 Å². The standard InChI is InChI=1S/C15H9Cl2NO3/c1-20-13-7-9(8-18)6-12(17)14(13)21-15(19)10-4-2-3-5-11(10)16/h2-7H,1H3. The fourth-order valence-electron chi connectivity index (χ4n) is 1.66. The van der Waals surface area contributed by atoms with Gasteiger partial charge in [-0.1, -0.05) is 35.3 Å². The van der Waals surface area contributed by atoms with Crippen molar-refractivity contribution >= 4 is 29.2 Å². The highest BCUT2D eigenvalue weighted by atomic mass is 35.5. The molecule has 0 radical (unpaired) electrons. The second-order valence-corrected chi connectivity index (χ2v) is 4.79. The molecular formula is C15H9Cl2NO3. The predicted octanol–water partition coefficient (Wildman–Crippen LogP) is 4.09. The molecule has 0 aliphatic heterocycles. The van der Waals surface area contributed by atoms with Crippen molar-refractivity contribution in [2.45, 2.75) is 0 Å². The van der Waals surface area contributed by atoms with E-state index in [1.165, 1.54) is 25.3 Å². The number of esters is 1. The lowest BCUT2D eigenvalue weighted by molar-refractivity contribution is 0.0730. The Morgan fingerprint density at radius 3 is 2.52 bits per heavy atom. The molecule has 0 saturated heterocycles. The van der Waals surface area contributed by atoms with Crippen LogP contribution in [0.2, 0.25) is 10.0 Å². The van der Waals surface area contributed by atoms with Crippen LogP contribution in [0.4, 0.5) is 0 Å². The number of carbonyl (C=O) groups excluding carboxylic acids is 1. The van der Waals surface area contributed by atoms with Gasteiger partial charge in [-0.2, -0.15) is 5.26 Å². The molecule has 0 amide bonds. The van der Waals surface area contributed by atoms with Crippen LogP contribution in [0, 0.1) is 11.3 Å². The van der Waals surface area contributed by atoms with Gasteiger partial charge in [-0.05, 0) is 18.2 Å². The first kappa shape index (κ1) is 15.2. The first-order valence-corrected chi connectivity index (χ1v) is 6.56. The first-order valence-electron chi connectivity index (χ1n) is 5.81. The molecule has 0 aromatic heterocycles. The molecule has 4 nitrogen and oxygen atoms in total. The fraction of sp³-hybridized carbons (Fsp3) is 0.0667. The molecule has 106 valence electrons. The summed E-state index contributed by atoms with van der Waals surface area (Å²) in [7, 11) is 1.39. The summed E-state index contributed by atoms with van der Waals surface area (Å²) in [6, 6.07) is 11.2. The van der Waals surface area contributed by atoms with Gasteiger partial charge < -0.3 is 9.47 Å². The Kier molecular flexibility index (Phi) is 4.69. The molecule has 0 aliphatic rings. The molecule has 2 aromatic carbocycles. The molecule has 0 bridgehead atoms. The van der Waals surface area contributed by atoms with Gasteiger partial charge in [-0.3, -0.25) is 0 Å². The van der Waals surface area contributed by atoms with E-state index in [2.05, 4.69) is 0 Å². The maximum absolute atomic E-state index is 12.1. The molecule has 0 atom stereocenters. The third-order valence-electron chi connectivity index (χ3n) is 2.65. The highest BCUT2D eigenvalue weighted by Gasteiger charge is 2.18. The number of ether oxygens (including phenoxy) is 2. The van der Waals surface area contributed by atoms with Crippen molar-refractivity contribution in [3.63, 3.8) is 0 Å². The van der Waals surface area contributed by atoms with Crippen LogP contribution in [-0.4, -0.2) is 13.1 Å². The van der Waals surface area contributed by atoms with E-state index < -0.39 is 5.97 Å². The number of carbonyl (C=O) groups is 1. The lowest BCUT2D eigenvalue weighted by atomic mass is 10.2. The van der Waals surface area contributed by atoms with Gasteiger partial charge in [0.05, 0.1) is 34.4 Å². The second kappa shape index (κ2) is 6.49. The number of benzene rings is 2. The molecule has 0 unspecified atom stereocenters. The fourth-order valence-corrected chi connectivity index (χ4v) is 2.12. The second-order valence-electron chi connectivity index (χ2n) is 3.97. The van der Waals surface area contributed by atoms with Crippen molar-refractivity contribution in [1.29, 1.82) is 5.26 Å². The lowest BCUT2D eigenvalue weighted by Gasteiger charge is -2.11. The minimum absolute atomic E-state index is 0.0445. The van der Waals surface area contributed by atoms with E-state index in [9.17, 15) is 4.79 Å². The molecule has 0 saturated carbocycles. The van der Waals surface area contributed by atoms with E-state index in [1.807, 2.05) is 6.07 Å². The van der Waals surface area contributed by atoms with E-state index in [-0.39, 0.29) is 27.1 Å². The average molecular weight is 322 g/mol. The topological polar surface area (TPSA) is 59.3 Å². The van der Waals surface area contributed by atoms with Gasteiger partial charge in [0.1, 0.15) is 0 Å². The average Bonchev–Trinajstić information content (AvgIpc) is 2.49. The van der Waals surface area contributed by atoms with Gasteiger partial charge in [0.15, 0.2) is 11.5 Å². The van der Waals surface area contributed by atoms with Crippen molar-refractivity contribution < 1.29 is 14.3 Å². The number of methoxy groups -OCH3 is 1. The van der Waals surface area contributed by atoms with Gasteiger partial charge in [-0.15, -0.1) is 0 Å². The SMILES string of the molecule is COc1cc(C#N)cc(Cl)c1OC(=O)c1ccccc1Cl. The van der Waals surface area contributed by atoms with Gasteiger partial charge in [-0.25, -0.2) is 4.79 Å². The van der Waals surface area contributed by atoms with Gasteiger partial charge in [0, 0.05) is 6.07 Å². The van der Waals surface area contributed by atoms with E-state index in [1.54, 1.807) is 18.2 Å². The van der Waals surface area contributed by atoms with Gasteiger partial charge in [0.2, 0.25) is 0 Å². The number of hydrogen-bond donors (Lipinski definition) is 0. The van der Waals surface area contributed by atoms with Crippen LogP contribution in [0.1, 0.15) is 15.9 Å². The van der Waals surface area contributed by atoms with Crippen LogP contribution < -0.4 is 9.47 Å². The van der Waals surface area contributed by atoms with Gasteiger partial charge in [0.25, 0.3) is 0 Å². The van der Waals surface area contributed by atoms with Crippen LogP contribution in [-0.2, 0) is 0 Å². The first-order chi connectivity index (χ1) is 10.1. The number of nitrogens with zero attached hydrogens (tertiary/aromatic N) is 1. The summed E-state index contributed by atoms with van der Waals surface area (Å²) in [6.45, 7) is 0. The van der Waals surface area contributed by atoms with Crippen molar-refractivity contribution in [3.05, 3.63) is 57.6 Å². The monoisotopic (exact) mass is 321 g/mol. The number of hydrogen-bond acceptors (Lipinski definition) is 4. The highest BCUT2D eigenvalue weighted by Crippen LogP contribution is 2.37. The molecule has 2 rings (SSSR count). The summed E-state index contributed by atoms with van der Waals surface area (Å²) in [4.78, 5) is 12.1. The highest BCUT2D eigenvalue weighted by molar-refractivity contribution is 6.34. The molecule has 0 aliphatic carbocycles. The molecule has 6 heteroatoms. The molecule has 21 heavy (non-hydrogen) atoms. The predicted molar refractivity (Wildman–Crippen MR) is 79.1 cm³/mol. The molecule has 0 fully saturated rings. The number of nitriles is 1. The van der Waals surface area contributed by atoms with Crippen molar-refractivity contribution in [1.82, 2.24) is 0 Å². The molecule has 0 N–H and O–H groups in total. The summed E-state index contributed by atoms with van der Waals surface area (Å²) >= 11 is 12.0. The van der Waals surface area contributed by atoms with Crippen LogP contribution >= 0.6 is 23.2 Å². The number of rotatable bonds is 3. The van der Waals surface area contributed by atoms with E-state index in [0.717, 1.165) is 0 Å². The molecule has 0 spiro atoms. The number of halogens is 2.